The standard InChI is InChI=1S/C15H30N2O/c1-11(2)6-14(9-16)8-15(18)17-10-13-5-4-12(3)7-13/h11-14H,4-10,16H2,1-3H3,(H,17,18). The fourth-order valence-electron chi connectivity index (χ4n) is 3.03. The molecule has 1 saturated carbocycles. The molecule has 0 saturated heterocycles. The van der Waals surface area contributed by atoms with Crippen LogP contribution in [0.15, 0.2) is 0 Å². The highest BCUT2D eigenvalue weighted by Crippen LogP contribution is 2.29. The van der Waals surface area contributed by atoms with Crippen LogP contribution in [0.1, 0.15) is 52.9 Å². The molecule has 1 aliphatic carbocycles. The third-order valence-corrected chi connectivity index (χ3v) is 4.00. The molecule has 0 bridgehead atoms. The first kappa shape index (κ1) is 15.5. The molecule has 0 aromatic heterocycles. The van der Waals surface area contributed by atoms with E-state index in [2.05, 4.69) is 26.1 Å². The molecule has 3 heteroatoms. The summed E-state index contributed by atoms with van der Waals surface area (Å²) in [4.78, 5) is 11.9. The molecule has 18 heavy (non-hydrogen) atoms. The first-order valence-corrected chi connectivity index (χ1v) is 7.48. The van der Waals surface area contributed by atoms with Gasteiger partial charge in [-0.2, -0.15) is 0 Å². The molecule has 3 unspecified atom stereocenters. The molecular formula is C15H30N2O. The van der Waals surface area contributed by atoms with Crippen LogP contribution in [0.3, 0.4) is 0 Å². The second kappa shape index (κ2) is 7.78. The third kappa shape index (κ3) is 5.85. The average molecular weight is 254 g/mol. The number of carbonyl (C=O) groups excluding carboxylic acids is 1. The minimum atomic E-state index is 0.186. The van der Waals surface area contributed by atoms with E-state index >= 15 is 0 Å². The van der Waals surface area contributed by atoms with Gasteiger partial charge in [-0.1, -0.05) is 27.2 Å². The number of hydrogen-bond acceptors (Lipinski definition) is 2. The predicted molar refractivity (Wildman–Crippen MR) is 76.1 cm³/mol. The van der Waals surface area contributed by atoms with Crippen LogP contribution >= 0.6 is 0 Å². The van der Waals surface area contributed by atoms with Gasteiger partial charge >= 0.3 is 0 Å². The van der Waals surface area contributed by atoms with Gasteiger partial charge < -0.3 is 11.1 Å². The molecule has 3 N–H and O–H groups in total. The summed E-state index contributed by atoms with van der Waals surface area (Å²) in [6.07, 6.45) is 5.50. The number of nitrogens with two attached hydrogens (primary N) is 1. The van der Waals surface area contributed by atoms with Crippen LogP contribution in [0.2, 0.25) is 0 Å². The highest BCUT2D eigenvalue weighted by Gasteiger charge is 2.22. The second-order valence-electron chi connectivity index (χ2n) is 6.52. The zero-order valence-electron chi connectivity index (χ0n) is 12.2. The summed E-state index contributed by atoms with van der Waals surface area (Å²) >= 11 is 0. The van der Waals surface area contributed by atoms with Crippen LogP contribution < -0.4 is 11.1 Å². The van der Waals surface area contributed by atoms with E-state index in [-0.39, 0.29) is 5.91 Å². The number of amides is 1. The van der Waals surface area contributed by atoms with Gasteiger partial charge in [0.25, 0.3) is 0 Å². The molecule has 0 aromatic rings. The second-order valence-corrected chi connectivity index (χ2v) is 6.52. The lowest BCUT2D eigenvalue weighted by Gasteiger charge is -2.17. The van der Waals surface area contributed by atoms with Gasteiger partial charge in [0.15, 0.2) is 0 Å². The average Bonchev–Trinajstić information content (AvgIpc) is 2.71. The first-order valence-electron chi connectivity index (χ1n) is 7.48. The van der Waals surface area contributed by atoms with Gasteiger partial charge in [0.1, 0.15) is 0 Å². The van der Waals surface area contributed by atoms with Crippen molar-refractivity contribution >= 4 is 5.91 Å². The monoisotopic (exact) mass is 254 g/mol. The summed E-state index contributed by atoms with van der Waals surface area (Å²) in [5, 5.41) is 3.09. The van der Waals surface area contributed by atoms with Crippen LogP contribution in [0, 0.1) is 23.7 Å². The lowest BCUT2D eigenvalue weighted by Crippen LogP contribution is -2.32. The van der Waals surface area contributed by atoms with E-state index in [1.165, 1.54) is 19.3 Å². The minimum absolute atomic E-state index is 0.186. The van der Waals surface area contributed by atoms with E-state index < -0.39 is 0 Å². The van der Waals surface area contributed by atoms with Crippen LogP contribution in [-0.4, -0.2) is 19.0 Å². The van der Waals surface area contributed by atoms with Crippen molar-refractivity contribution in [2.45, 2.75) is 52.9 Å². The lowest BCUT2D eigenvalue weighted by atomic mass is 9.94. The van der Waals surface area contributed by atoms with Crippen LogP contribution in [0.5, 0.6) is 0 Å². The summed E-state index contributed by atoms with van der Waals surface area (Å²) in [6.45, 7) is 8.14. The van der Waals surface area contributed by atoms with Crippen molar-refractivity contribution in [3.8, 4) is 0 Å². The van der Waals surface area contributed by atoms with E-state index in [1.54, 1.807) is 0 Å². The molecule has 0 heterocycles. The SMILES string of the molecule is CC(C)CC(CN)CC(=O)NCC1CCC(C)C1. The van der Waals surface area contributed by atoms with Gasteiger partial charge in [-0.15, -0.1) is 0 Å². The Hall–Kier alpha value is -0.570. The molecule has 0 aromatic carbocycles. The zero-order valence-corrected chi connectivity index (χ0v) is 12.2. The first-order chi connectivity index (χ1) is 8.51. The normalized spacial score (nSPS) is 25.4. The molecule has 1 fully saturated rings. The van der Waals surface area contributed by atoms with Gasteiger partial charge in [0, 0.05) is 13.0 Å². The largest absolute Gasteiger partial charge is 0.356 e. The van der Waals surface area contributed by atoms with Crippen molar-refractivity contribution in [3.63, 3.8) is 0 Å². The van der Waals surface area contributed by atoms with Crippen molar-refractivity contribution in [2.24, 2.45) is 29.4 Å². The highest BCUT2D eigenvalue weighted by atomic mass is 16.1. The molecule has 106 valence electrons. The molecule has 1 amide bonds. The Morgan fingerprint density at radius 2 is 2.11 bits per heavy atom. The van der Waals surface area contributed by atoms with Crippen molar-refractivity contribution in [3.05, 3.63) is 0 Å². The summed E-state index contributed by atoms with van der Waals surface area (Å²) in [6, 6.07) is 0. The number of nitrogens with one attached hydrogen (secondary N) is 1. The topological polar surface area (TPSA) is 55.1 Å². The van der Waals surface area contributed by atoms with Crippen LogP contribution in [0.4, 0.5) is 0 Å². The van der Waals surface area contributed by atoms with Crippen LogP contribution in [0.25, 0.3) is 0 Å². The Balaban J connectivity index is 2.19. The number of carbonyl (C=O) groups is 1. The van der Waals surface area contributed by atoms with Crippen molar-refractivity contribution in [1.29, 1.82) is 0 Å². The fourth-order valence-corrected chi connectivity index (χ4v) is 3.03. The molecular weight excluding hydrogens is 224 g/mol. The zero-order chi connectivity index (χ0) is 13.5. The Kier molecular flexibility index (Phi) is 6.69. The van der Waals surface area contributed by atoms with Gasteiger partial charge in [0.2, 0.25) is 5.91 Å². The van der Waals surface area contributed by atoms with Crippen molar-refractivity contribution in [1.82, 2.24) is 5.32 Å². The Morgan fingerprint density at radius 1 is 1.39 bits per heavy atom. The predicted octanol–water partition coefficient (Wildman–Crippen LogP) is 2.55. The lowest BCUT2D eigenvalue weighted by molar-refractivity contribution is -0.122. The summed E-state index contributed by atoms with van der Waals surface area (Å²) in [5.74, 6) is 2.68. The summed E-state index contributed by atoms with van der Waals surface area (Å²) < 4.78 is 0. The van der Waals surface area contributed by atoms with Gasteiger partial charge in [0.05, 0.1) is 0 Å². The van der Waals surface area contributed by atoms with Gasteiger partial charge in [-0.25, -0.2) is 0 Å². The quantitative estimate of drug-likeness (QED) is 0.733. The Bertz CT molecular complexity index is 253. The van der Waals surface area contributed by atoms with Crippen LogP contribution in [-0.2, 0) is 4.79 Å². The summed E-state index contributed by atoms with van der Waals surface area (Å²) in [5.41, 5.74) is 5.73. The van der Waals surface area contributed by atoms with E-state index in [4.69, 9.17) is 5.73 Å². The minimum Gasteiger partial charge on any atom is -0.356 e. The molecule has 3 nitrogen and oxygen atoms in total. The molecule has 0 aliphatic heterocycles. The molecule has 3 atom stereocenters. The number of rotatable bonds is 7. The van der Waals surface area contributed by atoms with Gasteiger partial charge in [-0.3, -0.25) is 4.79 Å². The van der Waals surface area contributed by atoms with Crippen molar-refractivity contribution in [2.75, 3.05) is 13.1 Å². The summed E-state index contributed by atoms with van der Waals surface area (Å²) in [7, 11) is 0. The Morgan fingerprint density at radius 3 is 2.61 bits per heavy atom. The van der Waals surface area contributed by atoms with Crippen molar-refractivity contribution < 1.29 is 4.79 Å². The maximum atomic E-state index is 11.9. The molecule has 1 rings (SSSR count). The van der Waals surface area contributed by atoms with E-state index in [0.29, 0.717) is 30.7 Å². The highest BCUT2D eigenvalue weighted by molar-refractivity contribution is 5.76. The van der Waals surface area contributed by atoms with E-state index in [9.17, 15) is 4.79 Å². The maximum absolute atomic E-state index is 11.9. The van der Waals surface area contributed by atoms with Gasteiger partial charge in [-0.05, 0) is 49.5 Å². The molecule has 0 radical (unpaired) electrons. The van der Waals surface area contributed by atoms with E-state index in [1.807, 2.05) is 0 Å². The maximum Gasteiger partial charge on any atom is 0.220 e. The molecule has 0 spiro atoms. The Labute approximate surface area is 112 Å². The number of hydrogen-bond donors (Lipinski definition) is 2. The fraction of sp³-hybridized carbons (Fsp3) is 0.933. The molecule has 1 aliphatic rings. The third-order valence-electron chi connectivity index (χ3n) is 4.00. The van der Waals surface area contributed by atoms with E-state index in [0.717, 1.165) is 18.9 Å². The smallest absolute Gasteiger partial charge is 0.220 e.